The predicted molar refractivity (Wildman–Crippen MR) is 92.5 cm³/mol. The smallest absolute Gasteiger partial charge is 0.0732 e. The first-order valence-electron chi connectivity index (χ1n) is 7.77. The minimum Gasteiger partial charge on any atom is -0.0732 e. The van der Waals surface area contributed by atoms with E-state index in [4.69, 9.17) is 0 Å². The molecule has 0 nitrogen and oxygen atoms in total. The average molecular weight is 284 g/mol. The number of rotatable bonds is 5. The lowest BCUT2D eigenvalue weighted by Crippen LogP contribution is -2.30. The molecule has 1 radical (unpaired) electrons. The summed E-state index contributed by atoms with van der Waals surface area (Å²) in [6.45, 7) is 11.9. The monoisotopic (exact) mass is 283 g/mol. The Labute approximate surface area is 125 Å². The first kappa shape index (κ1) is 15.3. The van der Waals surface area contributed by atoms with Crippen LogP contribution in [0.3, 0.4) is 0 Å². The molecule has 1 aromatic rings. The van der Waals surface area contributed by atoms with Crippen LogP contribution >= 0.6 is 0 Å². The SMILES string of the molecule is CCC(CC)([C]1C=CC([Si](C)(C)C)=C1)c1ccccc1. The van der Waals surface area contributed by atoms with E-state index in [0.29, 0.717) is 0 Å². The quantitative estimate of drug-likeness (QED) is 0.609. The zero-order valence-electron chi connectivity index (χ0n) is 13.5. The van der Waals surface area contributed by atoms with Crippen LogP contribution in [0.4, 0.5) is 0 Å². The van der Waals surface area contributed by atoms with Crippen molar-refractivity contribution in [2.75, 3.05) is 0 Å². The van der Waals surface area contributed by atoms with Crippen LogP contribution in [-0.4, -0.2) is 8.07 Å². The molecule has 0 aliphatic heterocycles. The summed E-state index contributed by atoms with van der Waals surface area (Å²) in [7, 11) is -1.22. The number of hydrogen-bond acceptors (Lipinski definition) is 0. The fraction of sp³-hybridized carbons (Fsp3) is 0.421. The molecule has 0 unspecified atom stereocenters. The molecule has 107 valence electrons. The second kappa shape index (κ2) is 5.73. The zero-order chi connectivity index (χ0) is 14.8. The van der Waals surface area contributed by atoms with E-state index in [-0.39, 0.29) is 5.41 Å². The zero-order valence-corrected chi connectivity index (χ0v) is 14.5. The topological polar surface area (TPSA) is 0 Å². The van der Waals surface area contributed by atoms with Crippen LogP contribution in [0.25, 0.3) is 0 Å². The normalized spacial score (nSPS) is 16.6. The highest BCUT2D eigenvalue weighted by Crippen LogP contribution is 2.45. The first-order valence-corrected chi connectivity index (χ1v) is 11.3. The Morgan fingerprint density at radius 3 is 1.95 bits per heavy atom. The van der Waals surface area contributed by atoms with Crippen LogP contribution in [0.5, 0.6) is 0 Å². The second-order valence-corrected chi connectivity index (χ2v) is 11.9. The molecule has 20 heavy (non-hydrogen) atoms. The Morgan fingerprint density at radius 2 is 1.50 bits per heavy atom. The molecule has 0 atom stereocenters. The maximum Gasteiger partial charge on any atom is 0.0772 e. The third-order valence-electron chi connectivity index (χ3n) is 4.71. The molecular weight excluding hydrogens is 256 g/mol. The van der Waals surface area contributed by atoms with Gasteiger partial charge >= 0.3 is 0 Å². The summed E-state index contributed by atoms with van der Waals surface area (Å²) >= 11 is 0. The maximum absolute atomic E-state index is 2.48. The number of allylic oxidation sites excluding steroid dienone is 4. The summed E-state index contributed by atoms with van der Waals surface area (Å²) < 4.78 is 0. The molecule has 0 saturated carbocycles. The Hall–Kier alpha value is -1.08. The molecule has 2 rings (SSSR count). The summed E-state index contributed by atoms with van der Waals surface area (Å²) in [6, 6.07) is 11.0. The van der Waals surface area contributed by atoms with E-state index in [1.165, 1.54) is 11.5 Å². The third kappa shape index (κ3) is 2.69. The molecule has 0 fully saturated rings. The van der Waals surface area contributed by atoms with E-state index in [1.54, 1.807) is 5.20 Å². The maximum atomic E-state index is 2.48. The van der Waals surface area contributed by atoms with Crippen molar-refractivity contribution in [2.45, 2.75) is 51.7 Å². The van der Waals surface area contributed by atoms with Gasteiger partial charge in [-0.25, -0.2) is 0 Å². The second-order valence-electron chi connectivity index (χ2n) is 6.79. The Bertz CT molecular complexity index is 498. The highest BCUT2D eigenvalue weighted by Gasteiger charge is 2.38. The Balaban J connectivity index is 2.42. The van der Waals surface area contributed by atoms with Crippen LogP contribution in [0.1, 0.15) is 32.3 Å². The van der Waals surface area contributed by atoms with Crippen molar-refractivity contribution in [3.05, 3.63) is 65.2 Å². The van der Waals surface area contributed by atoms with Crippen molar-refractivity contribution in [3.8, 4) is 0 Å². The number of hydrogen-bond donors (Lipinski definition) is 0. The molecule has 1 aromatic carbocycles. The van der Waals surface area contributed by atoms with Crippen molar-refractivity contribution < 1.29 is 0 Å². The summed E-state index contributed by atoms with van der Waals surface area (Å²) in [5.74, 6) is 1.51. The van der Waals surface area contributed by atoms with Gasteiger partial charge in [-0.3, -0.25) is 0 Å². The van der Waals surface area contributed by atoms with Gasteiger partial charge in [0.15, 0.2) is 0 Å². The lowest BCUT2D eigenvalue weighted by atomic mass is 9.67. The molecule has 0 aromatic heterocycles. The van der Waals surface area contributed by atoms with Crippen LogP contribution in [0.2, 0.25) is 19.6 Å². The molecule has 0 bridgehead atoms. The molecule has 0 heterocycles. The van der Waals surface area contributed by atoms with Gasteiger partial charge in [0.1, 0.15) is 0 Å². The molecule has 0 saturated heterocycles. The highest BCUT2D eigenvalue weighted by atomic mass is 28.3. The van der Waals surface area contributed by atoms with E-state index >= 15 is 0 Å². The molecular formula is C19H27Si. The van der Waals surface area contributed by atoms with Crippen molar-refractivity contribution in [1.29, 1.82) is 0 Å². The molecule has 0 N–H and O–H groups in total. The minimum atomic E-state index is -1.22. The molecule has 1 aliphatic rings. The van der Waals surface area contributed by atoms with E-state index in [0.717, 1.165) is 12.8 Å². The van der Waals surface area contributed by atoms with Gasteiger partial charge < -0.3 is 0 Å². The van der Waals surface area contributed by atoms with Crippen molar-refractivity contribution in [1.82, 2.24) is 0 Å². The van der Waals surface area contributed by atoms with Crippen LogP contribution in [0.15, 0.2) is 53.8 Å². The van der Waals surface area contributed by atoms with E-state index in [9.17, 15) is 0 Å². The highest BCUT2D eigenvalue weighted by molar-refractivity contribution is 6.83. The molecule has 0 spiro atoms. The summed E-state index contributed by atoms with van der Waals surface area (Å²) in [5.41, 5.74) is 1.64. The third-order valence-corrected chi connectivity index (χ3v) is 6.75. The molecule has 1 aliphatic carbocycles. The van der Waals surface area contributed by atoms with Crippen molar-refractivity contribution >= 4 is 8.07 Å². The summed E-state index contributed by atoms with van der Waals surface area (Å²) in [5, 5.41) is 1.58. The van der Waals surface area contributed by atoms with Gasteiger partial charge in [-0.1, -0.05) is 87.2 Å². The van der Waals surface area contributed by atoms with Crippen molar-refractivity contribution in [2.24, 2.45) is 0 Å². The Morgan fingerprint density at radius 1 is 0.900 bits per heavy atom. The first-order chi connectivity index (χ1) is 9.44. The molecule has 1 heteroatoms. The van der Waals surface area contributed by atoms with E-state index < -0.39 is 8.07 Å². The number of benzene rings is 1. The van der Waals surface area contributed by atoms with Gasteiger partial charge in [0.05, 0.1) is 8.07 Å². The van der Waals surface area contributed by atoms with Crippen molar-refractivity contribution in [3.63, 3.8) is 0 Å². The average Bonchev–Trinajstić information content (AvgIpc) is 2.92. The van der Waals surface area contributed by atoms with Crippen LogP contribution < -0.4 is 0 Å². The fourth-order valence-electron chi connectivity index (χ4n) is 3.20. The standard InChI is InChI=1S/C19H27Si/c1-6-19(7-2,16-11-9-8-10-12-16)17-13-14-18(15-17)20(3,4)5/h8-15H,6-7H2,1-5H3. The van der Waals surface area contributed by atoms with Gasteiger partial charge in [0, 0.05) is 11.3 Å². The summed E-state index contributed by atoms with van der Waals surface area (Å²) in [4.78, 5) is 0. The van der Waals surface area contributed by atoms with E-state index in [1.807, 2.05) is 0 Å². The van der Waals surface area contributed by atoms with Crippen LogP contribution in [-0.2, 0) is 5.41 Å². The van der Waals surface area contributed by atoms with E-state index in [2.05, 4.69) is 82.0 Å². The largest absolute Gasteiger partial charge is 0.0772 e. The van der Waals surface area contributed by atoms with Crippen LogP contribution in [0, 0.1) is 5.92 Å². The predicted octanol–water partition coefficient (Wildman–Crippen LogP) is 5.69. The fourth-order valence-corrected chi connectivity index (χ4v) is 4.37. The lowest BCUT2D eigenvalue weighted by molar-refractivity contribution is 0.445. The van der Waals surface area contributed by atoms with Gasteiger partial charge in [-0.15, -0.1) is 0 Å². The van der Waals surface area contributed by atoms with Gasteiger partial charge in [0.25, 0.3) is 0 Å². The minimum absolute atomic E-state index is 0.180. The molecule has 0 amide bonds. The Kier molecular flexibility index (Phi) is 4.39. The lowest BCUT2D eigenvalue weighted by Gasteiger charge is -2.36. The van der Waals surface area contributed by atoms with Gasteiger partial charge in [-0.2, -0.15) is 0 Å². The van der Waals surface area contributed by atoms with Gasteiger partial charge in [-0.05, 0) is 18.4 Å². The summed E-state index contributed by atoms with van der Waals surface area (Å²) in [6.07, 6.45) is 9.52. The van der Waals surface area contributed by atoms with Gasteiger partial charge in [0.2, 0.25) is 0 Å².